The molecular weight excluding hydrogens is 210 g/mol. The van der Waals surface area contributed by atoms with Gasteiger partial charge in [-0.05, 0) is 13.8 Å². The zero-order chi connectivity index (χ0) is 12.1. The molecule has 0 aromatic heterocycles. The summed E-state index contributed by atoms with van der Waals surface area (Å²) in [6, 6.07) is 4.61. The van der Waals surface area contributed by atoms with Crippen LogP contribution < -0.4 is 4.74 Å². The third-order valence-corrected chi connectivity index (χ3v) is 2.17. The van der Waals surface area contributed by atoms with Gasteiger partial charge in [0.05, 0.1) is 18.1 Å². The minimum Gasteiger partial charge on any atom is -0.487 e. The molecule has 1 rings (SSSR count). The normalized spacial score (nSPS) is 12.2. The fourth-order valence-electron chi connectivity index (χ4n) is 1.41. The minimum absolute atomic E-state index is 0.0959. The van der Waals surface area contributed by atoms with E-state index in [2.05, 4.69) is 6.92 Å². The van der Waals surface area contributed by atoms with E-state index >= 15 is 0 Å². The van der Waals surface area contributed by atoms with Crippen LogP contribution in [0.1, 0.15) is 18.4 Å². The van der Waals surface area contributed by atoms with E-state index in [1.807, 2.05) is 0 Å². The summed E-state index contributed by atoms with van der Waals surface area (Å²) in [5.41, 5.74) is 0.458. The average molecular weight is 224 g/mol. The first-order chi connectivity index (χ1) is 7.61. The number of para-hydroxylation sites is 1. The summed E-state index contributed by atoms with van der Waals surface area (Å²) in [5, 5.41) is 19.8. The van der Waals surface area contributed by atoms with Gasteiger partial charge in [0, 0.05) is 17.5 Å². The van der Waals surface area contributed by atoms with Gasteiger partial charge in [-0.3, -0.25) is 10.1 Å². The number of nitro groups is 1. The van der Waals surface area contributed by atoms with Gasteiger partial charge in [-0.25, -0.2) is 0 Å². The molecule has 0 spiro atoms. The Morgan fingerprint density at radius 3 is 2.81 bits per heavy atom. The van der Waals surface area contributed by atoms with Crippen LogP contribution in [0.2, 0.25) is 0 Å². The molecule has 0 amide bonds. The monoisotopic (exact) mass is 224 g/mol. The van der Waals surface area contributed by atoms with E-state index in [1.165, 1.54) is 6.07 Å². The SMILES string of the molecule is [CH2]C(CO)c1cccc([N+](=O)[O-])c1OCC. The van der Waals surface area contributed by atoms with Crippen LogP contribution in [0.25, 0.3) is 0 Å². The number of benzene rings is 1. The van der Waals surface area contributed by atoms with Gasteiger partial charge < -0.3 is 9.84 Å². The molecule has 16 heavy (non-hydrogen) atoms. The molecule has 87 valence electrons. The van der Waals surface area contributed by atoms with Crippen LogP contribution in [-0.2, 0) is 0 Å². The Morgan fingerprint density at radius 2 is 2.31 bits per heavy atom. The zero-order valence-electron chi connectivity index (χ0n) is 9.05. The van der Waals surface area contributed by atoms with E-state index in [4.69, 9.17) is 9.84 Å². The maximum atomic E-state index is 10.8. The Hall–Kier alpha value is -1.62. The van der Waals surface area contributed by atoms with Gasteiger partial charge in [-0.1, -0.05) is 12.1 Å². The smallest absolute Gasteiger partial charge is 0.311 e. The molecule has 0 heterocycles. The van der Waals surface area contributed by atoms with Crippen LogP contribution in [0.3, 0.4) is 0 Å². The lowest BCUT2D eigenvalue weighted by molar-refractivity contribution is -0.385. The largest absolute Gasteiger partial charge is 0.487 e. The summed E-state index contributed by atoms with van der Waals surface area (Å²) >= 11 is 0. The molecule has 5 heteroatoms. The minimum atomic E-state index is -0.501. The van der Waals surface area contributed by atoms with Gasteiger partial charge in [0.25, 0.3) is 0 Å². The van der Waals surface area contributed by atoms with Gasteiger partial charge in [-0.2, -0.15) is 0 Å². The Morgan fingerprint density at radius 1 is 1.62 bits per heavy atom. The molecule has 0 aliphatic rings. The van der Waals surface area contributed by atoms with Crippen molar-refractivity contribution in [3.05, 3.63) is 40.8 Å². The molecule has 0 fully saturated rings. The Labute approximate surface area is 93.8 Å². The lowest BCUT2D eigenvalue weighted by atomic mass is 10.0. The molecule has 0 saturated carbocycles. The number of aliphatic hydroxyl groups is 1. The van der Waals surface area contributed by atoms with Crippen molar-refractivity contribution in [3.8, 4) is 5.75 Å². The maximum Gasteiger partial charge on any atom is 0.311 e. The number of hydrogen-bond acceptors (Lipinski definition) is 4. The molecule has 0 aliphatic carbocycles. The molecular formula is C11H14NO4. The lowest BCUT2D eigenvalue weighted by Crippen LogP contribution is -2.06. The van der Waals surface area contributed by atoms with Gasteiger partial charge in [0.2, 0.25) is 5.75 Å². The van der Waals surface area contributed by atoms with E-state index < -0.39 is 10.8 Å². The second-order valence-corrected chi connectivity index (χ2v) is 3.27. The molecule has 5 nitrogen and oxygen atoms in total. The fraction of sp³-hybridized carbons (Fsp3) is 0.364. The van der Waals surface area contributed by atoms with Crippen molar-refractivity contribution in [1.82, 2.24) is 0 Å². The van der Waals surface area contributed by atoms with Crippen LogP contribution in [0.15, 0.2) is 18.2 Å². The van der Waals surface area contributed by atoms with Crippen LogP contribution in [0.4, 0.5) is 5.69 Å². The topological polar surface area (TPSA) is 72.6 Å². The summed E-state index contributed by atoms with van der Waals surface area (Å²) in [7, 11) is 0. The highest BCUT2D eigenvalue weighted by atomic mass is 16.6. The van der Waals surface area contributed by atoms with Gasteiger partial charge in [0.15, 0.2) is 0 Å². The molecule has 0 aliphatic heterocycles. The highest BCUT2D eigenvalue weighted by Gasteiger charge is 2.21. The highest BCUT2D eigenvalue weighted by Crippen LogP contribution is 2.35. The predicted octanol–water partition coefficient (Wildman–Crippen LogP) is 1.90. The number of nitro benzene ring substituents is 1. The summed E-state index contributed by atoms with van der Waals surface area (Å²) in [6.45, 7) is 5.62. The number of nitrogens with zero attached hydrogens (tertiary/aromatic N) is 1. The first-order valence-electron chi connectivity index (χ1n) is 4.95. The van der Waals surface area contributed by atoms with Gasteiger partial charge in [-0.15, -0.1) is 0 Å². The molecule has 0 bridgehead atoms. The Kier molecular flexibility index (Phi) is 4.25. The highest BCUT2D eigenvalue weighted by molar-refractivity contribution is 5.53. The first kappa shape index (κ1) is 12.4. The number of aliphatic hydroxyl groups excluding tert-OH is 1. The van der Waals surface area contributed by atoms with Crippen LogP contribution >= 0.6 is 0 Å². The Balaban J connectivity index is 3.26. The molecule has 1 unspecified atom stereocenters. The quantitative estimate of drug-likeness (QED) is 0.612. The zero-order valence-corrected chi connectivity index (χ0v) is 9.05. The number of ether oxygens (including phenoxy) is 1. The fourth-order valence-corrected chi connectivity index (χ4v) is 1.41. The number of rotatable bonds is 5. The van der Waals surface area contributed by atoms with Crippen molar-refractivity contribution in [1.29, 1.82) is 0 Å². The average Bonchev–Trinajstić information content (AvgIpc) is 2.28. The van der Waals surface area contributed by atoms with E-state index in [1.54, 1.807) is 19.1 Å². The van der Waals surface area contributed by atoms with Crippen molar-refractivity contribution < 1.29 is 14.8 Å². The molecule has 1 N–H and O–H groups in total. The van der Waals surface area contributed by atoms with Crippen molar-refractivity contribution in [2.24, 2.45) is 0 Å². The molecule has 1 aromatic carbocycles. The van der Waals surface area contributed by atoms with Gasteiger partial charge in [0.1, 0.15) is 0 Å². The second-order valence-electron chi connectivity index (χ2n) is 3.27. The first-order valence-corrected chi connectivity index (χ1v) is 4.95. The van der Waals surface area contributed by atoms with Crippen molar-refractivity contribution >= 4 is 5.69 Å². The molecule has 0 saturated heterocycles. The Bertz CT molecular complexity index is 378. The summed E-state index contributed by atoms with van der Waals surface area (Å²) in [6.07, 6.45) is 0. The number of hydrogen-bond donors (Lipinski definition) is 1. The second kappa shape index (κ2) is 5.46. The van der Waals surface area contributed by atoms with Crippen molar-refractivity contribution in [3.63, 3.8) is 0 Å². The summed E-state index contributed by atoms with van der Waals surface area (Å²) in [4.78, 5) is 10.3. The van der Waals surface area contributed by atoms with Gasteiger partial charge >= 0.3 is 5.69 Å². The van der Waals surface area contributed by atoms with Crippen molar-refractivity contribution in [2.75, 3.05) is 13.2 Å². The van der Waals surface area contributed by atoms with Crippen LogP contribution in [0.5, 0.6) is 5.75 Å². The van der Waals surface area contributed by atoms with E-state index in [9.17, 15) is 10.1 Å². The third-order valence-electron chi connectivity index (χ3n) is 2.17. The predicted molar refractivity (Wildman–Crippen MR) is 59.4 cm³/mol. The van der Waals surface area contributed by atoms with Crippen LogP contribution in [-0.4, -0.2) is 23.2 Å². The molecule has 1 atom stereocenters. The maximum absolute atomic E-state index is 10.8. The van der Waals surface area contributed by atoms with Crippen molar-refractivity contribution in [2.45, 2.75) is 12.8 Å². The summed E-state index contributed by atoms with van der Waals surface area (Å²) < 4.78 is 5.26. The molecule has 1 radical (unpaired) electrons. The third kappa shape index (κ3) is 2.49. The lowest BCUT2D eigenvalue weighted by Gasteiger charge is -2.14. The standard InChI is InChI=1S/C11H14NO4/c1-3-16-11-9(8(2)7-13)5-4-6-10(11)12(14)15/h4-6,8,13H,2-3,7H2,1H3. The molecule has 1 aromatic rings. The van der Waals surface area contributed by atoms with E-state index in [0.717, 1.165) is 0 Å². The van der Waals surface area contributed by atoms with E-state index in [0.29, 0.717) is 12.2 Å². The van der Waals surface area contributed by atoms with Crippen LogP contribution in [0, 0.1) is 17.0 Å². The summed E-state index contributed by atoms with van der Waals surface area (Å²) in [5.74, 6) is -0.231. The van der Waals surface area contributed by atoms with E-state index in [-0.39, 0.29) is 18.0 Å².